The molecule has 22 heavy (non-hydrogen) atoms. The summed E-state index contributed by atoms with van der Waals surface area (Å²) in [5.41, 5.74) is 7.00. The standard InChI is InChI=1S/C15H25N3OS.2ClH/c1-10-13(20-11(2)18-10)7-9-17-14(19)12-6-4-5-8-15(12,3)16;;/h12H,4-9,16H2,1-3H3,(H,17,19);2*1H. The van der Waals surface area contributed by atoms with Gasteiger partial charge in [-0.3, -0.25) is 4.79 Å². The van der Waals surface area contributed by atoms with Gasteiger partial charge in [0.25, 0.3) is 0 Å². The minimum Gasteiger partial charge on any atom is -0.355 e. The second-order valence-electron chi connectivity index (χ2n) is 6.09. The molecule has 2 rings (SSSR count). The van der Waals surface area contributed by atoms with Crippen LogP contribution in [-0.4, -0.2) is 23.0 Å². The molecule has 1 aromatic rings. The second-order valence-corrected chi connectivity index (χ2v) is 7.37. The van der Waals surface area contributed by atoms with Crippen molar-refractivity contribution in [2.75, 3.05) is 6.54 Å². The molecule has 0 aliphatic heterocycles. The Bertz CT molecular complexity index is 491. The number of amides is 1. The number of carbonyl (C=O) groups is 1. The predicted octanol–water partition coefficient (Wildman–Crippen LogP) is 3.17. The molecule has 4 nitrogen and oxygen atoms in total. The van der Waals surface area contributed by atoms with Crippen LogP contribution in [0, 0.1) is 19.8 Å². The van der Waals surface area contributed by atoms with Gasteiger partial charge in [-0.2, -0.15) is 0 Å². The smallest absolute Gasteiger partial charge is 0.224 e. The van der Waals surface area contributed by atoms with E-state index in [2.05, 4.69) is 10.3 Å². The molecule has 0 spiro atoms. The lowest BCUT2D eigenvalue weighted by Gasteiger charge is -2.37. The number of rotatable bonds is 4. The van der Waals surface area contributed by atoms with E-state index < -0.39 is 0 Å². The molecule has 1 saturated carbocycles. The van der Waals surface area contributed by atoms with Gasteiger partial charge in [-0.15, -0.1) is 36.2 Å². The van der Waals surface area contributed by atoms with Crippen LogP contribution in [0.15, 0.2) is 0 Å². The Morgan fingerprint density at radius 1 is 1.41 bits per heavy atom. The first-order valence-corrected chi connectivity index (χ1v) is 8.21. The van der Waals surface area contributed by atoms with Gasteiger partial charge in [-0.1, -0.05) is 12.8 Å². The van der Waals surface area contributed by atoms with Gasteiger partial charge >= 0.3 is 0 Å². The molecule has 3 N–H and O–H groups in total. The van der Waals surface area contributed by atoms with Crippen LogP contribution in [0.2, 0.25) is 0 Å². The fourth-order valence-electron chi connectivity index (χ4n) is 3.02. The average Bonchev–Trinajstić information content (AvgIpc) is 2.67. The first-order valence-electron chi connectivity index (χ1n) is 7.39. The number of aryl methyl sites for hydroxylation is 2. The lowest BCUT2D eigenvalue weighted by Crippen LogP contribution is -2.53. The zero-order valence-corrected chi connectivity index (χ0v) is 15.9. The van der Waals surface area contributed by atoms with Crippen molar-refractivity contribution in [3.05, 3.63) is 15.6 Å². The fourth-order valence-corrected chi connectivity index (χ4v) is 3.95. The molecule has 2 unspecified atom stereocenters. The number of nitrogens with one attached hydrogen (secondary N) is 1. The summed E-state index contributed by atoms with van der Waals surface area (Å²) < 4.78 is 0. The van der Waals surface area contributed by atoms with Crippen molar-refractivity contribution in [3.8, 4) is 0 Å². The highest BCUT2D eigenvalue weighted by Crippen LogP contribution is 2.31. The summed E-state index contributed by atoms with van der Waals surface area (Å²) in [6, 6.07) is 0. The third-order valence-electron chi connectivity index (χ3n) is 4.22. The first-order chi connectivity index (χ1) is 9.40. The monoisotopic (exact) mass is 367 g/mol. The van der Waals surface area contributed by atoms with Crippen LogP contribution >= 0.6 is 36.2 Å². The van der Waals surface area contributed by atoms with Gasteiger partial charge in [0.15, 0.2) is 0 Å². The Morgan fingerprint density at radius 3 is 2.64 bits per heavy atom. The van der Waals surface area contributed by atoms with Crippen molar-refractivity contribution < 1.29 is 4.79 Å². The summed E-state index contributed by atoms with van der Waals surface area (Å²) in [7, 11) is 0. The molecule has 1 heterocycles. The van der Waals surface area contributed by atoms with E-state index in [1.54, 1.807) is 11.3 Å². The van der Waals surface area contributed by atoms with Crippen LogP contribution in [0.5, 0.6) is 0 Å². The molecule has 0 aromatic carbocycles. The van der Waals surface area contributed by atoms with Crippen LogP contribution in [0.3, 0.4) is 0 Å². The molecule has 1 aliphatic carbocycles. The zero-order valence-electron chi connectivity index (χ0n) is 13.5. The molecule has 1 aliphatic rings. The van der Waals surface area contributed by atoms with Gasteiger partial charge in [-0.25, -0.2) is 4.98 Å². The van der Waals surface area contributed by atoms with Gasteiger partial charge < -0.3 is 11.1 Å². The zero-order chi connectivity index (χ0) is 14.8. The quantitative estimate of drug-likeness (QED) is 0.858. The van der Waals surface area contributed by atoms with E-state index in [1.807, 2.05) is 20.8 Å². The Balaban J connectivity index is 0.00000220. The summed E-state index contributed by atoms with van der Waals surface area (Å²) in [6.07, 6.45) is 4.96. The van der Waals surface area contributed by atoms with Crippen molar-refractivity contribution in [1.82, 2.24) is 10.3 Å². The van der Waals surface area contributed by atoms with E-state index in [9.17, 15) is 4.79 Å². The highest BCUT2D eigenvalue weighted by atomic mass is 35.5. The Hall–Kier alpha value is -0.360. The minimum absolute atomic E-state index is 0. The first kappa shape index (κ1) is 21.6. The Labute approximate surface area is 149 Å². The van der Waals surface area contributed by atoms with Crippen molar-refractivity contribution in [2.45, 2.75) is 58.4 Å². The van der Waals surface area contributed by atoms with Crippen LogP contribution < -0.4 is 11.1 Å². The molecule has 128 valence electrons. The normalized spacial score (nSPS) is 24.1. The summed E-state index contributed by atoms with van der Waals surface area (Å²) in [4.78, 5) is 18.0. The molecule has 2 atom stereocenters. The Morgan fingerprint density at radius 2 is 2.09 bits per heavy atom. The molecular weight excluding hydrogens is 341 g/mol. The predicted molar refractivity (Wildman–Crippen MR) is 97.3 cm³/mol. The largest absolute Gasteiger partial charge is 0.355 e. The molecule has 0 radical (unpaired) electrons. The van der Waals surface area contributed by atoms with Crippen LogP contribution in [-0.2, 0) is 11.2 Å². The van der Waals surface area contributed by atoms with Gasteiger partial charge in [0.1, 0.15) is 0 Å². The topological polar surface area (TPSA) is 68.0 Å². The van der Waals surface area contributed by atoms with E-state index in [-0.39, 0.29) is 42.2 Å². The number of hydrogen-bond donors (Lipinski definition) is 2. The maximum Gasteiger partial charge on any atom is 0.224 e. The van der Waals surface area contributed by atoms with Crippen molar-refractivity contribution >= 4 is 42.1 Å². The van der Waals surface area contributed by atoms with E-state index in [0.29, 0.717) is 6.54 Å². The third-order valence-corrected chi connectivity index (χ3v) is 5.35. The minimum atomic E-state index is -0.348. The van der Waals surface area contributed by atoms with Gasteiger partial charge in [0.05, 0.1) is 16.6 Å². The molecule has 1 fully saturated rings. The number of halogens is 2. The van der Waals surface area contributed by atoms with Crippen LogP contribution in [0.1, 0.15) is 48.2 Å². The van der Waals surface area contributed by atoms with Gasteiger partial charge in [0.2, 0.25) is 5.91 Å². The van der Waals surface area contributed by atoms with E-state index in [1.165, 1.54) is 4.88 Å². The molecule has 7 heteroatoms. The summed E-state index contributed by atoms with van der Waals surface area (Å²) in [6.45, 7) is 6.72. The fraction of sp³-hybridized carbons (Fsp3) is 0.733. The summed E-state index contributed by atoms with van der Waals surface area (Å²) in [5.74, 6) is 0.0779. The summed E-state index contributed by atoms with van der Waals surface area (Å²) >= 11 is 1.71. The van der Waals surface area contributed by atoms with Crippen molar-refractivity contribution in [3.63, 3.8) is 0 Å². The number of carbonyl (C=O) groups excluding carboxylic acids is 1. The highest BCUT2D eigenvalue weighted by Gasteiger charge is 2.37. The molecule has 0 bridgehead atoms. The van der Waals surface area contributed by atoms with E-state index >= 15 is 0 Å². The average molecular weight is 368 g/mol. The lowest BCUT2D eigenvalue weighted by molar-refractivity contribution is -0.128. The van der Waals surface area contributed by atoms with Crippen LogP contribution in [0.25, 0.3) is 0 Å². The molecule has 1 aromatic heterocycles. The lowest BCUT2D eigenvalue weighted by atomic mass is 9.74. The highest BCUT2D eigenvalue weighted by molar-refractivity contribution is 7.11. The van der Waals surface area contributed by atoms with Gasteiger partial charge in [0, 0.05) is 23.4 Å². The number of nitrogens with two attached hydrogens (primary N) is 1. The maximum absolute atomic E-state index is 12.3. The molecule has 0 saturated heterocycles. The molecular formula is C15H27Cl2N3OS. The van der Waals surface area contributed by atoms with E-state index in [0.717, 1.165) is 42.8 Å². The number of nitrogens with zero attached hydrogens (tertiary/aromatic N) is 1. The third kappa shape index (κ3) is 5.37. The SMILES string of the molecule is Cc1nc(C)c(CCNC(=O)C2CCCCC2(C)N)s1.Cl.Cl. The number of hydrogen-bond acceptors (Lipinski definition) is 4. The van der Waals surface area contributed by atoms with Crippen molar-refractivity contribution in [2.24, 2.45) is 11.7 Å². The van der Waals surface area contributed by atoms with Crippen molar-refractivity contribution in [1.29, 1.82) is 0 Å². The maximum atomic E-state index is 12.3. The summed E-state index contributed by atoms with van der Waals surface area (Å²) in [5, 5.41) is 4.14. The number of thiazole rings is 1. The van der Waals surface area contributed by atoms with Crippen LogP contribution in [0.4, 0.5) is 0 Å². The second kappa shape index (κ2) is 9.06. The Kier molecular flexibility index (Phi) is 8.91. The van der Waals surface area contributed by atoms with Gasteiger partial charge in [-0.05, 0) is 33.6 Å². The van der Waals surface area contributed by atoms with E-state index in [4.69, 9.17) is 5.73 Å². The molecule has 1 amide bonds. The number of aromatic nitrogens is 1.